The van der Waals surface area contributed by atoms with Crippen molar-refractivity contribution >= 4 is 12.1 Å². The third kappa shape index (κ3) is 6.72. The fourth-order valence-electron chi connectivity index (χ4n) is 3.59. The van der Waals surface area contributed by atoms with Crippen molar-refractivity contribution in [1.29, 1.82) is 0 Å². The van der Waals surface area contributed by atoms with E-state index in [1.54, 1.807) is 66.0 Å². The first-order valence-corrected chi connectivity index (χ1v) is 10.7. The Morgan fingerprint density at radius 2 is 1.70 bits per heavy atom. The van der Waals surface area contributed by atoms with Gasteiger partial charge in [0.05, 0.1) is 26.9 Å². The minimum absolute atomic E-state index is 0.0280. The summed E-state index contributed by atoms with van der Waals surface area (Å²) in [5, 5.41) is 21.7. The molecule has 0 radical (unpaired) electrons. The molecule has 0 aromatic heterocycles. The molecule has 33 heavy (non-hydrogen) atoms. The summed E-state index contributed by atoms with van der Waals surface area (Å²) in [5.41, 5.74) is -2.12. The number of aliphatic hydroxyl groups is 2. The standard InChI is InChI=1S/C23H35NO9/c1-22(2,3)33-21(28)24-17(19(20(27)30-7)32-23(24,4)5)18(26)16(25)12-13-31-15-10-8-14(29-6)9-11-15/h8-11,16-19,25-26H,12-13H2,1-7H3/t16-,17+,18+,19-/m0/s1. The Morgan fingerprint density at radius 1 is 1.12 bits per heavy atom. The Morgan fingerprint density at radius 3 is 2.21 bits per heavy atom. The normalized spacial score (nSPS) is 21.8. The predicted octanol–water partition coefficient (Wildman–Crippen LogP) is 2.10. The van der Waals surface area contributed by atoms with Gasteiger partial charge in [0.15, 0.2) is 6.10 Å². The average Bonchev–Trinajstić information content (AvgIpc) is 3.02. The van der Waals surface area contributed by atoms with Crippen LogP contribution in [0.1, 0.15) is 41.0 Å². The topological polar surface area (TPSA) is 124 Å². The third-order valence-corrected chi connectivity index (χ3v) is 5.11. The van der Waals surface area contributed by atoms with Crippen LogP contribution in [0, 0.1) is 0 Å². The van der Waals surface area contributed by atoms with Gasteiger partial charge in [0.2, 0.25) is 0 Å². The largest absolute Gasteiger partial charge is 0.497 e. The predicted molar refractivity (Wildman–Crippen MR) is 118 cm³/mol. The number of ether oxygens (including phenoxy) is 5. The highest BCUT2D eigenvalue weighted by atomic mass is 16.6. The van der Waals surface area contributed by atoms with Gasteiger partial charge in [-0.3, -0.25) is 4.90 Å². The quantitative estimate of drug-likeness (QED) is 0.551. The van der Waals surface area contributed by atoms with Gasteiger partial charge in [0.1, 0.15) is 35.0 Å². The first-order valence-electron chi connectivity index (χ1n) is 10.7. The van der Waals surface area contributed by atoms with Crippen LogP contribution < -0.4 is 9.47 Å². The van der Waals surface area contributed by atoms with Crippen molar-refractivity contribution in [3.63, 3.8) is 0 Å². The van der Waals surface area contributed by atoms with E-state index < -0.39 is 47.7 Å². The number of nitrogens with zero attached hydrogens (tertiary/aromatic N) is 1. The molecule has 186 valence electrons. The van der Waals surface area contributed by atoms with Gasteiger partial charge < -0.3 is 33.9 Å². The van der Waals surface area contributed by atoms with Crippen molar-refractivity contribution in [3.8, 4) is 11.5 Å². The number of hydrogen-bond donors (Lipinski definition) is 2. The second kappa shape index (κ2) is 10.6. The van der Waals surface area contributed by atoms with Crippen molar-refractivity contribution in [2.45, 2.75) is 76.7 Å². The number of amides is 1. The fraction of sp³-hybridized carbons (Fsp3) is 0.652. The number of carbonyl (C=O) groups is 2. The van der Waals surface area contributed by atoms with E-state index in [0.717, 1.165) is 4.90 Å². The van der Waals surface area contributed by atoms with Gasteiger partial charge in [-0.2, -0.15) is 0 Å². The van der Waals surface area contributed by atoms with E-state index in [9.17, 15) is 19.8 Å². The number of rotatable bonds is 8. The highest BCUT2D eigenvalue weighted by molar-refractivity contribution is 5.79. The summed E-state index contributed by atoms with van der Waals surface area (Å²) in [5.74, 6) is 0.461. The van der Waals surface area contributed by atoms with Gasteiger partial charge in [-0.05, 0) is 58.9 Å². The first kappa shape index (κ1) is 26.7. The third-order valence-electron chi connectivity index (χ3n) is 5.11. The highest BCUT2D eigenvalue weighted by Gasteiger charge is 2.57. The smallest absolute Gasteiger partial charge is 0.413 e. The molecule has 1 fully saturated rings. The second-order valence-electron chi connectivity index (χ2n) is 9.22. The van der Waals surface area contributed by atoms with Crippen molar-refractivity contribution in [2.24, 2.45) is 0 Å². The molecule has 1 aliphatic rings. The van der Waals surface area contributed by atoms with E-state index in [4.69, 9.17) is 23.7 Å². The van der Waals surface area contributed by atoms with Crippen LogP contribution in [0.2, 0.25) is 0 Å². The molecule has 1 aliphatic heterocycles. The number of carbonyl (C=O) groups excluding carboxylic acids is 2. The molecule has 0 saturated carbocycles. The van der Waals surface area contributed by atoms with Crippen LogP contribution in [-0.4, -0.2) is 83.7 Å². The zero-order valence-electron chi connectivity index (χ0n) is 20.2. The molecule has 0 bridgehead atoms. The van der Waals surface area contributed by atoms with E-state index in [1.807, 2.05) is 0 Å². The van der Waals surface area contributed by atoms with Gasteiger partial charge in [-0.15, -0.1) is 0 Å². The zero-order valence-corrected chi connectivity index (χ0v) is 20.2. The Kier molecular flexibility index (Phi) is 8.56. The molecule has 10 heteroatoms. The van der Waals surface area contributed by atoms with E-state index in [-0.39, 0.29) is 13.0 Å². The van der Waals surface area contributed by atoms with Crippen LogP contribution in [0.25, 0.3) is 0 Å². The molecular formula is C23H35NO9. The van der Waals surface area contributed by atoms with Gasteiger partial charge in [0.25, 0.3) is 0 Å². The molecule has 1 heterocycles. The average molecular weight is 470 g/mol. The number of esters is 1. The highest BCUT2D eigenvalue weighted by Crippen LogP contribution is 2.37. The maximum absolute atomic E-state index is 13.0. The minimum atomic E-state index is -1.54. The van der Waals surface area contributed by atoms with Crippen LogP contribution in [0.15, 0.2) is 24.3 Å². The van der Waals surface area contributed by atoms with Crippen LogP contribution >= 0.6 is 0 Å². The number of hydrogen-bond acceptors (Lipinski definition) is 9. The summed E-state index contributed by atoms with van der Waals surface area (Å²) in [7, 11) is 2.74. The molecule has 0 spiro atoms. The lowest BCUT2D eigenvalue weighted by molar-refractivity contribution is -0.159. The SMILES string of the molecule is COC(=O)[C@H]1OC(C)(C)N(C(=O)OC(C)(C)C)[C@@H]1[C@H](O)[C@@H](O)CCOc1ccc(OC)cc1. The van der Waals surface area contributed by atoms with E-state index >= 15 is 0 Å². The molecule has 0 unspecified atom stereocenters. The lowest BCUT2D eigenvalue weighted by Crippen LogP contribution is -2.57. The minimum Gasteiger partial charge on any atom is -0.497 e. The number of aliphatic hydroxyl groups excluding tert-OH is 2. The fourth-order valence-corrected chi connectivity index (χ4v) is 3.59. The zero-order chi connectivity index (χ0) is 25.0. The van der Waals surface area contributed by atoms with Crippen molar-refractivity contribution in [1.82, 2.24) is 4.90 Å². The lowest BCUT2D eigenvalue weighted by atomic mass is 9.97. The summed E-state index contributed by atoms with van der Waals surface area (Å²) in [6, 6.07) is 5.66. The molecule has 1 amide bonds. The number of methoxy groups -OCH3 is 2. The van der Waals surface area contributed by atoms with Crippen LogP contribution in [-0.2, 0) is 19.0 Å². The van der Waals surface area contributed by atoms with Crippen LogP contribution in [0.3, 0.4) is 0 Å². The summed E-state index contributed by atoms with van der Waals surface area (Å²) in [4.78, 5) is 26.5. The van der Waals surface area contributed by atoms with Gasteiger partial charge in [-0.25, -0.2) is 9.59 Å². The van der Waals surface area contributed by atoms with Gasteiger partial charge in [0, 0.05) is 6.42 Å². The second-order valence-corrected chi connectivity index (χ2v) is 9.22. The molecule has 2 N–H and O–H groups in total. The number of benzene rings is 1. The Bertz CT molecular complexity index is 803. The summed E-state index contributed by atoms with van der Waals surface area (Å²) < 4.78 is 26.7. The Hall–Kier alpha value is -2.56. The molecule has 10 nitrogen and oxygen atoms in total. The monoisotopic (exact) mass is 469 g/mol. The maximum Gasteiger partial charge on any atom is 0.413 e. The molecule has 2 rings (SSSR count). The van der Waals surface area contributed by atoms with Crippen LogP contribution in [0.5, 0.6) is 11.5 Å². The molecule has 4 atom stereocenters. The van der Waals surface area contributed by atoms with E-state index in [1.165, 1.54) is 7.11 Å². The maximum atomic E-state index is 13.0. The van der Waals surface area contributed by atoms with Crippen molar-refractivity contribution in [3.05, 3.63) is 24.3 Å². The molecule has 1 saturated heterocycles. The van der Waals surface area contributed by atoms with Crippen LogP contribution in [0.4, 0.5) is 4.79 Å². The van der Waals surface area contributed by atoms with Gasteiger partial charge >= 0.3 is 12.1 Å². The molecule has 1 aromatic rings. The summed E-state index contributed by atoms with van der Waals surface area (Å²) in [6.07, 6.45) is -4.94. The first-order chi connectivity index (χ1) is 15.3. The van der Waals surface area contributed by atoms with E-state index in [0.29, 0.717) is 11.5 Å². The Labute approximate surface area is 194 Å². The Balaban J connectivity index is 2.16. The van der Waals surface area contributed by atoms with Crippen molar-refractivity contribution < 1.29 is 43.5 Å². The lowest BCUT2D eigenvalue weighted by Gasteiger charge is -2.37. The molecular weight excluding hydrogens is 434 g/mol. The summed E-state index contributed by atoms with van der Waals surface area (Å²) in [6.45, 7) is 8.31. The van der Waals surface area contributed by atoms with E-state index in [2.05, 4.69) is 0 Å². The molecule has 1 aromatic carbocycles. The van der Waals surface area contributed by atoms with Gasteiger partial charge in [-0.1, -0.05) is 0 Å². The molecule has 0 aliphatic carbocycles. The van der Waals surface area contributed by atoms with Crippen molar-refractivity contribution in [2.75, 3.05) is 20.8 Å². The summed E-state index contributed by atoms with van der Waals surface area (Å²) >= 11 is 0.